The van der Waals surface area contributed by atoms with Gasteiger partial charge in [0.2, 0.25) is 0 Å². The molecule has 0 unspecified atom stereocenters. The van der Waals surface area contributed by atoms with Crippen molar-refractivity contribution in [2.24, 2.45) is 0 Å². The third-order valence-electron chi connectivity index (χ3n) is 3.34. The summed E-state index contributed by atoms with van der Waals surface area (Å²) in [5.74, 6) is -0.630. The van der Waals surface area contributed by atoms with Crippen LogP contribution in [-0.2, 0) is 6.42 Å². The van der Waals surface area contributed by atoms with Crippen LogP contribution in [0.4, 0.5) is 15.8 Å². The maximum atomic E-state index is 13.1. The second-order valence-electron chi connectivity index (χ2n) is 4.96. The molecule has 0 fully saturated rings. The first-order valence-electron chi connectivity index (χ1n) is 7.16. The van der Waals surface area contributed by atoms with Crippen LogP contribution in [0.5, 0.6) is 0 Å². The Labute approximate surface area is 141 Å². The second kappa shape index (κ2) is 7.14. The largest absolute Gasteiger partial charge is 0.379 e. The fourth-order valence-electron chi connectivity index (χ4n) is 2.19. The van der Waals surface area contributed by atoms with Crippen LogP contribution < -0.4 is 5.32 Å². The number of nitro benzene ring substituents is 1. The van der Waals surface area contributed by atoms with Gasteiger partial charge in [-0.05, 0) is 24.3 Å². The third-order valence-corrected chi connectivity index (χ3v) is 4.25. The maximum Gasteiger partial charge on any atom is 0.295 e. The van der Waals surface area contributed by atoms with Gasteiger partial charge in [-0.1, -0.05) is 0 Å². The lowest BCUT2D eigenvalue weighted by Gasteiger charge is -2.06. The highest BCUT2D eigenvalue weighted by atomic mass is 32.1. The van der Waals surface area contributed by atoms with Gasteiger partial charge in [-0.25, -0.2) is 9.37 Å². The lowest BCUT2D eigenvalue weighted by molar-refractivity contribution is -0.384. The van der Waals surface area contributed by atoms with E-state index in [1.165, 1.54) is 23.5 Å². The van der Waals surface area contributed by atoms with E-state index in [0.717, 1.165) is 22.3 Å². The molecular weight excluding hydrogens is 331 g/mol. The topological polar surface area (TPSA) is 81.0 Å². The summed E-state index contributed by atoms with van der Waals surface area (Å²) < 4.78 is 13.1. The highest BCUT2D eigenvalue weighted by Crippen LogP contribution is 2.25. The molecule has 0 atom stereocenters. The van der Waals surface area contributed by atoms with Gasteiger partial charge in [0.1, 0.15) is 11.5 Å². The summed E-state index contributed by atoms with van der Waals surface area (Å²) >= 11 is 1.53. The number of benzene rings is 1. The van der Waals surface area contributed by atoms with E-state index < -0.39 is 10.7 Å². The zero-order valence-electron chi connectivity index (χ0n) is 12.5. The molecule has 3 aromatic rings. The van der Waals surface area contributed by atoms with E-state index in [2.05, 4.69) is 15.3 Å². The molecule has 0 bridgehead atoms. The number of hydrogen-bond acceptors (Lipinski definition) is 6. The lowest BCUT2D eigenvalue weighted by Crippen LogP contribution is -2.07. The first-order valence-corrected chi connectivity index (χ1v) is 8.04. The predicted octanol–water partition coefficient (Wildman–Crippen LogP) is 3.91. The Morgan fingerprint density at radius 1 is 1.25 bits per heavy atom. The molecule has 0 radical (unpaired) electrons. The Morgan fingerprint density at radius 2 is 2.04 bits per heavy atom. The second-order valence-corrected chi connectivity index (χ2v) is 5.90. The van der Waals surface area contributed by atoms with Crippen LogP contribution in [0.1, 0.15) is 5.01 Å². The van der Waals surface area contributed by atoms with Gasteiger partial charge in [-0.3, -0.25) is 15.1 Å². The van der Waals surface area contributed by atoms with Crippen molar-refractivity contribution in [1.82, 2.24) is 9.97 Å². The minimum Gasteiger partial charge on any atom is -0.379 e. The normalized spacial score (nSPS) is 10.5. The van der Waals surface area contributed by atoms with Crippen LogP contribution in [-0.4, -0.2) is 21.4 Å². The fourth-order valence-corrected chi connectivity index (χ4v) is 3.00. The van der Waals surface area contributed by atoms with Crippen molar-refractivity contribution in [2.75, 3.05) is 11.9 Å². The van der Waals surface area contributed by atoms with Gasteiger partial charge >= 0.3 is 0 Å². The van der Waals surface area contributed by atoms with Crippen molar-refractivity contribution in [1.29, 1.82) is 0 Å². The average molecular weight is 344 g/mol. The van der Waals surface area contributed by atoms with Gasteiger partial charge in [0.15, 0.2) is 0 Å². The number of pyridine rings is 1. The molecule has 0 saturated carbocycles. The fraction of sp³-hybridized carbons (Fsp3) is 0.125. The van der Waals surface area contributed by atoms with E-state index >= 15 is 0 Å². The molecule has 122 valence electrons. The van der Waals surface area contributed by atoms with Crippen molar-refractivity contribution in [3.63, 3.8) is 0 Å². The molecule has 0 aliphatic heterocycles. The monoisotopic (exact) mass is 344 g/mol. The number of nitro groups is 1. The number of thiazole rings is 1. The van der Waals surface area contributed by atoms with Crippen LogP contribution >= 0.6 is 11.3 Å². The van der Waals surface area contributed by atoms with Gasteiger partial charge in [-0.2, -0.15) is 0 Å². The molecule has 1 aromatic carbocycles. The van der Waals surface area contributed by atoms with Crippen molar-refractivity contribution in [3.8, 4) is 11.3 Å². The summed E-state index contributed by atoms with van der Waals surface area (Å²) in [5, 5.41) is 16.8. The Balaban J connectivity index is 1.64. The number of nitrogens with one attached hydrogen (secondary N) is 1. The zero-order chi connectivity index (χ0) is 16.9. The summed E-state index contributed by atoms with van der Waals surface area (Å²) in [6.45, 7) is 0.468. The Kier molecular flexibility index (Phi) is 4.76. The molecule has 6 nitrogen and oxygen atoms in total. The Morgan fingerprint density at radius 3 is 2.79 bits per heavy atom. The van der Waals surface area contributed by atoms with E-state index in [-0.39, 0.29) is 5.69 Å². The van der Waals surface area contributed by atoms with E-state index in [1.54, 1.807) is 12.4 Å². The molecule has 3 rings (SSSR count). The van der Waals surface area contributed by atoms with E-state index in [4.69, 9.17) is 0 Å². The summed E-state index contributed by atoms with van der Waals surface area (Å²) in [6.07, 6.45) is 4.04. The molecule has 24 heavy (non-hydrogen) atoms. The average Bonchev–Trinajstić information content (AvgIpc) is 3.06. The van der Waals surface area contributed by atoms with Crippen LogP contribution in [0.25, 0.3) is 11.3 Å². The number of hydrogen-bond donors (Lipinski definition) is 1. The summed E-state index contributed by atoms with van der Waals surface area (Å²) in [6, 6.07) is 7.25. The van der Waals surface area contributed by atoms with E-state index in [1.807, 2.05) is 17.5 Å². The molecule has 0 aliphatic rings. The van der Waals surface area contributed by atoms with Gasteiger partial charge in [0.05, 0.1) is 21.7 Å². The molecule has 2 heterocycles. The van der Waals surface area contributed by atoms with Gasteiger partial charge in [-0.15, -0.1) is 11.3 Å². The van der Waals surface area contributed by atoms with Crippen LogP contribution in [0.3, 0.4) is 0 Å². The number of anilines is 1. The first-order chi connectivity index (χ1) is 11.6. The molecule has 1 N–H and O–H groups in total. The van der Waals surface area contributed by atoms with Crippen molar-refractivity contribution < 1.29 is 9.31 Å². The number of nitrogens with zero attached hydrogens (tertiary/aromatic N) is 3. The van der Waals surface area contributed by atoms with E-state index in [0.29, 0.717) is 18.7 Å². The van der Waals surface area contributed by atoms with Crippen molar-refractivity contribution >= 4 is 22.7 Å². The number of rotatable bonds is 6. The Bertz CT molecular complexity index is 854. The molecule has 0 spiro atoms. The molecular formula is C16H13FN4O2S. The van der Waals surface area contributed by atoms with Gasteiger partial charge in [0.25, 0.3) is 5.69 Å². The predicted molar refractivity (Wildman–Crippen MR) is 90.6 cm³/mol. The molecule has 0 amide bonds. The quantitative estimate of drug-likeness (QED) is 0.542. The van der Waals surface area contributed by atoms with Crippen LogP contribution in [0, 0.1) is 15.9 Å². The molecule has 0 saturated heterocycles. The lowest BCUT2D eigenvalue weighted by atomic mass is 10.2. The molecule has 0 aliphatic carbocycles. The standard InChI is InChI=1S/C16H13FN4O2S/c17-12-1-2-13(15(9-12)21(22)23)19-8-5-16-20-14(10-24-16)11-3-6-18-7-4-11/h1-4,6-7,9-10,19H,5,8H2. The number of halogens is 1. The van der Waals surface area contributed by atoms with Crippen LogP contribution in [0.2, 0.25) is 0 Å². The Hall–Kier alpha value is -2.87. The SMILES string of the molecule is O=[N+]([O-])c1cc(F)ccc1NCCc1nc(-c2ccncc2)cs1. The summed E-state index contributed by atoms with van der Waals surface area (Å²) in [4.78, 5) is 18.9. The van der Waals surface area contributed by atoms with Crippen molar-refractivity contribution in [3.05, 3.63) is 69.0 Å². The number of aromatic nitrogens is 2. The smallest absolute Gasteiger partial charge is 0.295 e. The maximum absolute atomic E-state index is 13.1. The van der Waals surface area contributed by atoms with E-state index in [9.17, 15) is 14.5 Å². The minimum atomic E-state index is -0.630. The molecule has 8 heteroatoms. The summed E-state index contributed by atoms with van der Waals surface area (Å²) in [7, 11) is 0. The van der Waals surface area contributed by atoms with Gasteiger partial charge < -0.3 is 5.32 Å². The summed E-state index contributed by atoms with van der Waals surface area (Å²) in [5.41, 5.74) is 1.90. The minimum absolute atomic E-state index is 0.272. The van der Waals surface area contributed by atoms with Gasteiger partial charge in [0, 0.05) is 36.3 Å². The highest BCUT2D eigenvalue weighted by Gasteiger charge is 2.14. The molecule has 2 aromatic heterocycles. The van der Waals surface area contributed by atoms with Crippen LogP contribution in [0.15, 0.2) is 48.1 Å². The highest BCUT2D eigenvalue weighted by molar-refractivity contribution is 7.09. The zero-order valence-corrected chi connectivity index (χ0v) is 13.3. The van der Waals surface area contributed by atoms with Crippen molar-refractivity contribution in [2.45, 2.75) is 6.42 Å². The third kappa shape index (κ3) is 3.72. The first kappa shape index (κ1) is 16.0.